The molecule has 2 nitrogen and oxygen atoms in total. The molecule has 0 saturated heterocycles. The Labute approximate surface area is 125 Å². The van der Waals surface area contributed by atoms with E-state index in [1.54, 1.807) is 0 Å². The molecule has 0 atom stereocenters. The van der Waals surface area contributed by atoms with Crippen LogP contribution in [0.25, 0.3) is 11.1 Å². The number of hydrogen-bond donors (Lipinski definition) is 1. The van der Waals surface area contributed by atoms with Crippen molar-refractivity contribution in [2.45, 2.75) is 19.8 Å². The van der Waals surface area contributed by atoms with Gasteiger partial charge in [-0.15, -0.1) is 0 Å². The lowest BCUT2D eigenvalue weighted by Crippen LogP contribution is -2.02. The first-order valence-electron chi connectivity index (χ1n) is 6.75. The van der Waals surface area contributed by atoms with Crippen LogP contribution >= 0.6 is 0 Å². The summed E-state index contributed by atoms with van der Waals surface area (Å²) in [5.41, 5.74) is -0.927. The number of halogens is 4. The number of hydrogen-bond acceptors (Lipinski definition) is 2. The van der Waals surface area contributed by atoms with Crippen LogP contribution in [0.1, 0.15) is 19.8 Å². The number of benzene rings is 2. The maximum absolute atomic E-state index is 14.1. The first kappa shape index (κ1) is 16.1. The highest BCUT2D eigenvalue weighted by Gasteiger charge is 2.21. The van der Waals surface area contributed by atoms with Gasteiger partial charge < -0.3 is 9.84 Å². The van der Waals surface area contributed by atoms with Crippen LogP contribution in [0.2, 0.25) is 0 Å². The lowest BCUT2D eigenvalue weighted by molar-refractivity contribution is 0.289. The summed E-state index contributed by atoms with van der Waals surface area (Å²) in [7, 11) is 0. The van der Waals surface area contributed by atoms with Crippen molar-refractivity contribution in [3.05, 3.63) is 47.5 Å². The van der Waals surface area contributed by atoms with E-state index in [0.717, 1.165) is 30.7 Å². The van der Waals surface area contributed by atoms with Crippen LogP contribution < -0.4 is 4.74 Å². The van der Waals surface area contributed by atoms with E-state index in [4.69, 9.17) is 9.84 Å². The molecule has 0 amide bonds. The third kappa shape index (κ3) is 3.00. The van der Waals surface area contributed by atoms with E-state index in [-0.39, 0.29) is 12.4 Å². The van der Waals surface area contributed by atoms with E-state index in [1.807, 2.05) is 6.92 Å². The SMILES string of the molecule is CCCCOc1ccc(-c2ccc(O)c(F)c2F)c(F)c1F. The molecule has 2 rings (SSSR count). The van der Waals surface area contributed by atoms with E-state index < -0.39 is 40.1 Å². The van der Waals surface area contributed by atoms with Gasteiger partial charge in [0.2, 0.25) is 11.6 Å². The molecular formula is C16H14F4O2. The second-order valence-corrected chi connectivity index (χ2v) is 4.70. The molecule has 0 saturated carbocycles. The van der Waals surface area contributed by atoms with Crippen LogP contribution in [0.5, 0.6) is 11.5 Å². The van der Waals surface area contributed by atoms with Gasteiger partial charge in [0.15, 0.2) is 23.1 Å². The number of unbranched alkanes of at least 4 members (excludes halogenated alkanes) is 1. The average molecular weight is 314 g/mol. The Morgan fingerprint density at radius 2 is 1.45 bits per heavy atom. The molecule has 0 aliphatic carbocycles. The van der Waals surface area contributed by atoms with Gasteiger partial charge in [-0.05, 0) is 30.7 Å². The summed E-state index contributed by atoms with van der Waals surface area (Å²) in [6.07, 6.45) is 1.51. The molecular weight excluding hydrogens is 300 g/mol. The van der Waals surface area contributed by atoms with Gasteiger partial charge in [-0.3, -0.25) is 0 Å². The fourth-order valence-corrected chi connectivity index (χ4v) is 1.92. The van der Waals surface area contributed by atoms with E-state index >= 15 is 0 Å². The van der Waals surface area contributed by atoms with E-state index in [0.29, 0.717) is 6.42 Å². The van der Waals surface area contributed by atoms with Crippen molar-refractivity contribution in [2.75, 3.05) is 6.61 Å². The van der Waals surface area contributed by atoms with Gasteiger partial charge in [-0.1, -0.05) is 13.3 Å². The van der Waals surface area contributed by atoms with Gasteiger partial charge in [0.1, 0.15) is 0 Å². The summed E-state index contributed by atoms with van der Waals surface area (Å²) in [6.45, 7) is 2.15. The Hall–Kier alpha value is -2.24. The molecule has 1 N–H and O–H groups in total. The Bertz CT molecular complexity index is 686. The van der Waals surface area contributed by atoms with Gasteiger partial charge in [0, 0.05) is 11.1 Å². The molecule has 118 valence electrons. The Morgan fingerprint density at radius 1 is 0.864 bits per heavy atom. The van der Waals surface area contributed by atoms with E-state index in [9.17, 15) is 17.6 Å². The molecule has 0 aromatic heterocycles. The van der Waals surface area contributed by atoms with Crippen LogP contribution in [0.15, 0.2) is 24.3 Å². The second-order valence-electron chi connectivity index (χ2n) is 4.70. The van der Waals surface area contributed by atoms with E-state index in [1.165, 1.54) is 0 Å². The van der Waals surface area contributed by atoms with Gasteiger partial charge in [-0.25, -0.2) is 8.78 Å². The molecule has 0 aliphatic heterocycles. The highest BCUT2D eigenvalue weighted by molar-refractivity contribution is 5.67. The Morgan fingerprint density at radius 3 is 2.09 bits per heavy atom. The summed E-state index contributed by atoms with van der Waals surface area (Å²) in [6, 6.07) is 4.11. The minimum absolute atomic E-state index is 0.231. The third-order valence-electron chi connectivity index (χ3n) is 3.15. The third-order valence-corrected chi connectivity index (χ3v) is 3.15. The molecule has 2 aromatic carbocycles. The first-order chi connectivity index (χ1) is 10.5. The highest BCUT2D eigenvalue weighted by Crippen LogP contribution is 2.34. The smallest absolute Gasteiger partial charge is 0.201 e. The Balaban J connectivity index is 2.42. The standard InChI is InChI=1S/C16H14F4O2/c1-2-3-8-22-12-7-5-10(14(18)16(12)20)9-4-6-11(21)15(19)13(9)17/h4-7,21H,2-3,8H2,1H3. The van der Waals surface area contributed by atoms with Crippen molar-refractivity contribution in [3.63, 3.8) is 0 Å². The minimum Gasteiger partial charge on any atom is -0.505 e. The fourth-order valence-electron chi connectivity index (χ4n) is 1.92. The van der Waals surface area contributed by atoms with Crippen LogP contribution in [0.4, 0.5) is 17.6 Å². The summed E-state index contributed by atoms with van der Waals surface area (Å²) in [4.78, 5) is 0. The number of phenolic OH excluding ortho intramolecular Hbond substituents is 1. The lowest BCUT2D eigenvalue weighted by atomic mass is 10.0. The van der Waals surface area contributed by atoms with Crippen molar-refractivity contribution in [2.24, 2.45) is 0 Å². The quantitative estimate of drug-likeness (QED) is 0.635. The summed E-state index contributed by atoms with van der Waals surface area (Å²) >= 11 is 0. The molecule has 6 heteroatoms. The predicted molar refractivity (Wildman–Crippen MR) is 73.8 cm³/mol. The highest BCUT2D eigenvalue weighted by atomic mass is 19.2. The largest absolute Gasteiger partial charge is 0.505 e. The number of ether oxygens (including phenoxy) is 1. The normalized spacial score (nSPS) is 10.8. The zero-order valence-electron chi connectivity index (χ0n) is 11.8. The molecule has 0 unspecified atom stereocenters. The first-order valence-corrected chi connectivity index (χ1v) is 6.75. The van der Waals surface area contributed by atoms with Gasteiger partial charge in [0.25, 0.3) is 0 Å². The van der Waals surface area contributed by atoms with Crippen LogP contribution in [-0.2, 0) is 0 Å². The predicted octanol–water partition coefficient (Wildman–Crippen LogP) is 4.79. The average Bonchev–Trinajstić information content (AvgIpc) is 2.50. The second kappa shape index (κ2) is 6.68. The summed E-state index contributed by atoms with van der Waals surface area (Å²) < 4.78 is 60.2. The maximum Gasteiger partial charge on any atom is 0.201 e. The number of phenols is 1. The van der Waals surface area contributed by atoms with Crippen LogP contribution in [-0.4, -0.2) is 11.7 Å². The molecule has 0 fully saturated rings. The van der Waals surface area contributed by atoms with Gasteiger partial charge >= 0.3 is 0 Å². The molecule has 0 bridgehead atoms. The molecule has 0 aliphatic rings. The van der Waals surface area contributed by atoms with Crippen LogP contribution in [0, 0.1) is 23.3 Å². The van der Waals surface area contributed by atoms with Crippen molar-refractivity contribution in [3.8, 4) is 22.6 Å². The lowest BCUT2D eigenvalue weighted by Gasteiger charge is -2.11. The number of aromatic hydroxyl groups is 1. The monoisotopic (exact) mass is 314 g/mol. The maximum atomic E-state index is 14.1. The fraction of sp³-hybridized carbons (Fsp3) is 0.250. The molecule has 2 aromatic rings. The zero-order chi connectivity index (χ0) is 16.3. The van der Waals surface area contributed by atoms with Crippen molar-refractivity contribution in [1.82, 2.24) is 0 Å². The van der Waals surface area contributed by atoms with E-state index in [2.05, 4.69) is 0 Å². The molecule has 0 heterocycles. The zero-order valence-corrected chi connectivity index (χ0v) is 11.8. The van der Waals surface area contributed by atoms with Gasteiger partial charge in [-0.2, -0.15) is 8.78 Å². The number of rotatable bonds is 5. The van der Waals surface area contributed by atoms with Crippen molar-refractivity contribution < 1.29 is 27.4 Å². The van der Waals surface area contributed by atoms with Crippen molar-refractivity contribution >= 4 is 0 Å². The molecule has 0 spiro atoms. The van der Waals surface area contributed by atoms with Gasteiger partial charge in [0.05, 0.1) is 6.61 Å². The van der Waals surface area contributed by atoms with Crippen LogP contribution in [0.3, 0.4) is 0 Å². The van der Waals surface area contributed by atoms with Crippen molar-refractivity contribution in [1.29, 1.82) is 0 Å². The topological polar surface area (TPSA) is 29.5 Å². The summed E-state index contributed by atoms with van der Waals surface area (Å²) in [5, 5.41) is 9.06. The minimum atomic E-state index is -1.51. The molecule has 0 radical (unpaired) electrons. The summed E-state index contributed by atoms with van der Waals surface area (Å²) in [5.74, 6) is -6.74. The molecule has 22 heavy (non-hydrogen) atoms. The Kier molecular flexibility index (Phi) is 4.90.